The second kappa shape index (κ2) is 5.14. The standard InChI is InChI=1S/C6H11N5O2S2/c7-6(14)5-15(12,13)9-2-4-11-3-1-8-10-11/h1,3,9H,2,4-5H2,(H2,7,14). The highest BCUT2D eigenvalue weighted by molar-refractivity contribution is 7.92. The van der Waals surface area contributed by atoms with E-state index >= 15 is 0 Å². The first kappa shape index (κ1) is 12.0. The molecule has 1 rings (SSSR count). The molecule has 0 unspecified atom stereocenters. The van der Waals surface area contributed by atoms with Crippen LogP contribution in [0.2, 0.25) is 0 Å². The van der Waals surface area contributed by atoms with Crippen LogP contribution in [0.4, 0.5) is 0 Å². The second-order valence-electron chi connectivity index (χ2n) is 2.79. The Bertz CT molecular complexity index is 413. The van der Waals surface area contributed by atoms with E-state index in [1.807, 2.05) is 0 Å². The lowest BCUT2D eigenvalue weighted by Crippen LogP contribution is -2.34. The molecule has 1 aromatic rings. The minimum atomic E-state index is -3.41. The zero-order valence-corrected chi connectivity index (χ0v) is 9.46. The molecule has 0 fully saturated rings. The molecule has 0 amide bonds. The van der Waals surface area contributed by atoms with Gasteiger partial charge in [-0.1, -0.05) is 17.4 Å². The number of nitrogens with zero attached hydrogens (tertiary/aromatic N) is 3. The van der Waals surface area contributed by atoms with Crippen LogP contribution in [0.25, 0.3) is 0 Å². The van der Waals surface area contributed by atoms with Gasteiger partial charge in [0.1, 0.15) is 5.75 Å². The van der Waals surface area contributed by atoms with Crippen molar-refractivity contribution in [3.05, 3.63) is 12.4 Å². The highest BCUT2D eigenvalue weighted by Crippen LogP contribution is 1.85. The molecule has 0 atom stereocenters. The quantitative estimate of drug-likeness (QED) is 0.594. The van der Waals surface area contributed by atoms with Crippen molar-refractivity contribution in [1.82, 2.24) is 19.7 Å². The molecule has 0 bridgehead atoms. The summed E-state index contributed by atoms with van der Waals surface area (Å²) in [5.74, 6) is -0.334. The van der Waals surface area contributed by atoms with E-state index in [2.05, 4.69) is 27.3 Å². The molecular weight excluding hydrogens is 238 g/mol. The molecule has 9 heteroatoms. The minimum absolute atomic E-state index is 0.0525. The van der Waals surface area contributed by atoms with Gasteiger partial charge in [-0.05, 0) is 0 Å². The second-order valence-corrected chi connectivity index (χ2v) is 5.12. The molecule has 3 N–H and O–H groups in total. The highest BCUT2D eigenvalue weighted by Gasteiger charge is 2.10. The summed E-state index contributed by atoms with van der Waals surface area (Å²) in [6.45, 7) is 0.644. The van der Waals surface area contributed by atoms with Gasteiger partial charge in [0, 0.05) is 12.7 Å². The maximum absolute atomic E-state index is 11.2. The van der Waals surface area contributed by atoms with Crippen LogP contribution < -0.4 is 10.5 Å². The SMILES string of the molecule is NC(=S)CS(=O)(=O)NCCn1ccnn1. The van der Waals surface area contributed by atoms with Crippen molar-refractivity contribution in [1.29, 1.82) is 0 Å². The summed E-state index contributed by atoms with van der Waals surface area (Å²) in [5, 5.41) is 7.26. The molecule has 0 aliphatic carbocycles. The van der Waals surface area contributed by atoms with Gasteiger partial charge >= 0.3 is 0 Å². The Morgan fingerprint density at radius 1 is 1.60 bits per heavy atom. The van der Waals surface area contributed by atoms with E-state index in [1.54, 1.807) is 6.20 Å². The predicted molar refractivity (Wildman–Crippen MR) is 58.6 cm³/mol. The maximum Gasteiger partial charge on any atom is 0.218 e. The van der Waals surface area contributed by atoms with Crippen molar-refractivity contribution in [2.45, 2.75) is 6.54 Å². The Kier molecular flexibility index (Phi) is 4.12. The Morgan fingerprint density at radius 2 is 2.33 bits per heavy atom. The van der Waals surface area contributed by atoms with Gasteiger partial charge in [0.25, 0.3) is 0 Å². The molecule has 1 aromatic heterocycles. The number of hydrogen-bond acceptors (Lipinski definition) is 5. The van der Waals surface area contributed by atoms with Crippen LogP contribution in [0.5, 0.6) is 0 Å². The summed E-state index contributed by atoms with van der Waals surface area (Å²) >= 11 is 4.50. The van der Waals surface area contributed by atoms with Crippen molar-refractivity contribution in [3.63, 3.8) is 0 Å². The third kappa shape index (κ3) is 4.81. The van der Waals surface area contributed by atoms with Crippen molar-refractivity contribution in [3.8, 4) is 0 Å². The molecule has 0 saturated heterocycles. The molecule has 0 aromatic carbocycles. The summed E-state index contributed by atoms with van der Waals surface area (Å²) in [6, 6.07) is 0. The summed E-state index contributed by atoms with van der Waals surface area (Å²) < 4.78 is 26.4. The van der Waals surface area contributed by atoms with Crippen LogP contribution in [0.3, 0.4) is 0 Å². The third-order valence-corrected chi connectivity index (χ3v) is 3.13. The number of sulfonamides is 1. The van der Waals surface area contributed by atoms with Gasteiger partial charge in [-0.25, -0.2) is 13.1 Å². The van der Waals surface area contributed by atoms with Crippen LogP contribution in [-0.2, 0) is 16.6 Å². The summed E-state index contributed by atoms with van der Waals surface area (Å²) in [4.78, 5) is -0.0525. The van der Waals surface area contributed by atoms with Gasteiger partial charge in [0.15, 0.2) is 0 Å². The van der Waals surface area contributed by atoms with Crippen molar-refractivity contribution in [2.75, 3.05) is 12.3 Å². The van der Waals surface area contributed by atoms with Gasteiger partial charge < -0.3 is 5.73 Å². The topological polar surface area (TPSA) is 103 Å². The smallest absolute Gasteiger partial charge is 0.218 e. The monoisotopic (exact) mass is 249 g/mol. The average Bonchev–Trinajstić information content (AvgIpc) is 2.53. The van der Waals surface area contributed by atoms with E-state index < -0.39 is 10.0 Å². The number of rotatable bonds is 6. The molecule has 0 saturated carbocycles. The van der Waals surface area contributed by atoms with Gasteiger partial charge in [-0.15, -0.1) is 5.10 Å². The van der Waals surface area contributed by atoms with Gasteiger partial charge in [-0.2, -0.15) is 0 Å². The Balaban J connectivity index is 2.34. The van der Waals surface area contributed by atoms with Crippen molar-refractivity contribution < 1.29 is 8.42 Å². The molecule has 84 valence electrons. The molecule has 0 spiro atoms. The normalized spacial score (nSPS) is 11.5. The summed E-state index contributed by atoms with van der Waals surface area (Å²) in [6.07, 6.45) is 3.16. The predicted octanol–water partition coefficient (Wildman–Crippen LogP) is -1.52. The first-order valence-electron chi connectivity index (χ1n) is 4.09. The largest absolute Gasteiger partial charge is 0.392 e. The maximum atomic E-state index is 11.2. The van der Waals surface area contributed by atoms with E-state index in [4.69, 9.17) is 5.73 Å². The highest BCUT2D eigenvalue weighted by atomic mass is 32.2. The van der Waals surface area contributed by atoms with Crippen LogP contribution in [0.1, 0.15) is 0 Å². The van der Waals surface area contributed by atoms with E-state index in [0.29, 0.717) is 6.54 Å². The lowest BCUT2D eigenvalue weighted by atomic mass is 10.6. The van der Waals surface area contributed by atoms with E-state index in [9.17, 15) is 8.42 Å². The molecule has 0 aliphatic rings. The van der Waals surface area contributed by atoms with Gasteiger partial charge in [0.2, 0.25) is 10.0 Å². The molecule has 0 aliphatic heterocycles. The third-order valence-electron chi connectivity index (χ3n) is 1.47. The Hall–Kier alpha value is -1.06. The van der Waals surface area contributed by atoms with E-state index in [1.165, 1.54) is 10.9 Å². The van der Waals surface area contributed by atoms with Crippen LogP contribution >= 0.6 is 12.2 Å². The average molecular weight is 249 g/mol. The molecule has 0 radical (unpaired) electrons. The number of aromatic nitrogens is 3. The molecule has 1 heterocycles. The lowest BCUT2D eigenvalue weighted by Gasteiger charge is -2.05. The first-order chi connectivity index (χ1) is 6.99. The zero-order valence-electron chi connectivity index (χ0n) is 7.83. The number of nitrogens with one attached hydrogen (secondary N) is 1. The zero-order chi connectivity index (χ0) is 11.3. The van der Waals surface area contributed by atoms with Crippen LogP contribution in [0.15, 0.2) is 12.4 Å². The van der Waals surface area contributed by atoms with Gasteiger partial charge in [-0.3, -0.25) is 4.68 Å². The first-order valence-corrected chi connectivity index (χ1v) is 6.15. The van der Waals surface area contributed by atoms with Crippen LogP contribution in [-0.4, -0.2) is 40.7 Å². The summed E-state index contributed by atoms with van der Waals surface area (Å²) in [7, 11) is -3.41. The minimum Gasteiger partial charge on any atom is -0.392 e. The van der Waals surface area contributed by atoms with E-state index in [-0.39, 0.29) is 17.3 Å². The Morgan fingerprint density at radius 3 is 2.87 bits per heavy atom. The number of thiocarbonyl (C=S) groups is 1. The molecular formula is C6H11N5O2S2. The number of nitrogens with two attached hydrogens (primary N) is 1. The number of hydrogen-bond donors (Lipinski definition) is 2. The van der Waals surface area contributed by atoms with E-state index in [0.717, 1.165) is 0 Å². The summed E-state index contributed by atoms with van der Waals surface area (Å²) in [5.41, 5.74) is 5.13. The van der Waals surface area contributed by atoms with Crippen molar-refractivity contribution in [2.24, 2.45) is 5.73 Å². The van der Waals surface area contributed by atoms with Gasteiger partial charge in [0.05, 0.1) is 17.7 Å². The fourth-order valence-corrected chi connectivity index (χ4v) is 2.25. The Labute approximate surface area is 92.7 Å². The van der Waals surface area contributed by atoms with Crippen LogP contribution in [0, 0.1) is 0 Å². The molecule has 15 heavy (non-hydrogen) atoms. The lowest BCUT2D eigenvalue weighted by molar-refractivity contribution is 0.555. The fourth-order valence-electron chi connectivity index (χ4n) is 0.906. The molecule has 7 nitrogen and oxygen atoms in total. The fraction of sp³-hybridized carbons (Fsp3) is 0.500. The van der Waals surface area contributed by atoms with Crippen molar-refractivity contribution >= 4 is 27.2 Å².